The molecule has 0 saturated heterocycles. The van der Waals surface area contributed by atoms with Gasteiger partial charge >= 0.3 is 0 Å². The second-order valence-corrected chi connectivity index (χ2v) is 15.3. The summed E-state index contributed by atoms with van der Waals surface area (Å²) in [5.41, 5.74) is 12.2. The van der Waals surface area contributed by atoms with Crippen LogP contribution in [0.3, 0.4) is 0 Å². The van der Waals surface area contributed by atoms with Crippen LogP contribution >= 0.6 is 0 Å². The largest absolute Gasteiger partial charge is 0.455 e. The molecule has 4 aromatic heterocycles. The van der Waals surface area contributed by atoms with E-state index in [4.69, 9.17) is 14.4 Å². The molecule has 0 aliphatic heterocycles. The molecule has 0 bridgehead atoms. The summed E-state index contributed by atoms with van der Waals surface area (Å²) in [6.07, 6.45) is 0. The van der Waals surface area contributed by atoms with Gasteiger partial charge in [0.05, 0.1) is 44.4 Å². The zero-order chi connectivity index (χ0) is 38.6. The average Bonchev–Trinajstić information content (AvgIpc) is 3.96. The molecule has 4 heterocycles. The highest BCUT2D eigenvalue weighted by Gasteiger charge is 2.26. The highest BCUT2D eigenvalue weighted by Crippen LogP contribution is 2.46. The molecule has 0 spiro atoms. The minimum absolute atomic E-state index is 0.605. The van der Waals surface area contributed by atoms with E-state index in [2.05, 4.69) is 197 Å². The smallest absolute Gasteiger partial charge is 0.235 e. The Morgan fingerprint density at radius 1 is 0.373 bits per heavy atom. The van der Waals surface area contributed by atoms with Crippen molar-refractivity contribution in [1.29, 1.82) is 0 Å². The molecule has 274 valence electrons. The Bertz CT molecular complexity index is 3830. The van der Waals surface area contributed by atoms with Gasteiger partial charge in [0.2, 0.25) is 5.95 Å². The van der Waals surface area contributed by atoms with Crippen LogP contribution in [-0.4, -0.2) is 19.1 Å². The Morgan fingerprint density at radius 3 is 1.88 bits per heavy atom. The number of rotatable bonds is 4. The standard InChI is InChI=1S/C54H32N4O/c1-2-13-33(14-3-1)34-25-27-36(28-26-34)51-42-20-6-9-21-43(42)55-54(56-51)58-46-31-29-40-38-18-7-10-22-45(38)57(44-23-12-16-35-15-4-5-17-37(35)44)52(40)49(46)50-47(58)32-30-41-39-19-8-11-24-48(39)59-53(41)50/h1-32H. The van der Waals surface area contributed by atoms with Gasteiger partial charge in [0.15, 0.2) is 0 Å². The van der Waals surface area contributed by atoms with E-state index in [1.54, 1.807) is 0 Å². The average molecular weight is 753 g/mol. The van der Waals surface area contributed by atoms with Crippen molar-refractivity contribution >= 4 is 87.2 Å². The van der Waals surface area contributed by atoms with Crippen molar-refractivity contribution in [3.05, 3.63) is 194 Å². The maximum absolute atomic E-state index is 6.91. The zero-order valence-corrected chi connectivity index (χ0v) is 31.7. The lowest BCUT2D eigenvalue weighted by atomic mass is 10.0. The van der Waals surface area contributed by atoms with Gasteiger partial charge in [-0.05, 0) is 59.0 Å². The third kappa shape index (κ3) is 4.61. The van der Waals surface area contributed by atoms with Crippen molar-refractivity contribution < 1.29 is 4.42 Å². The molecule has 0 N–H and O–H groups in total. The number of para-hydroxylation sites is 3. The SMILES string of the molecule is c1ccc(-c2ccc(-c3nc(-n4c5ccc6c7ccccc7oc6c5c5c4ccc4c6ccccc6n(-c6cccc7ccccc67)c45)nc4ccccc34)cc2)cc1. The van der Waals surface area contributed by atoms with Gasteiger partial charge in [0, 0.05) is 43.3 Å². The molecule has 0 atom stereocenters. The van der Waals surface area contributed by atoms with Crippen molar-refractivity contribution in [2.75, 3.05) is 0 Å². The Kier molecular flexibility index (Phi) is 6.66. The minimum atomic E-state index is 0.605. The number of aromatic nitrogens is 4. The Balaban J connectivity index is 1.18. The minimum Gasteiger partial charge on any atom is -0.455 e. The number of nitrogens with zero attached hydrogens (tertiary/aromatic N) is 4. The van der Waals surface area contributed by atoms with E-state index < -0.39 is 0 Å². The summed E-state index contributed by atoms with van der Waals surface area (Å²) in [7, 11) is 0. The van der Waals surface area contributed by atoms with Crippen molar-refractivity contribution in [2.24, 2.45) is 0 Å². The van der Waals surface area contributed by atoms with E-state index in [-0.39, 0.29) is 0 Å². The highest BCUT2D eigenvalue weighted by atomic mass is 16.3. The maximum atomic E-state index is 6.91. The molecule has 0 fully saturated rings. The normalized spacial score (nSPS) is 12.1. The fraction of sp³-hybridized carbons (Fsp3) is 0. The molecule has 0 unspecified atom stereocenters. The van der Waals surface area contributed by atoms with Crippen molar-refractivity contribution in [2.45, 2.75) is 0 Å². The first-order valence-corrected chi connectivity index (χ1v) is 20.0. The lowest BCUT2D eigenvalue weighted by Gasteiger charge is -2.13. The van der Waals surface area contributed by atoms with Gasteiger partial charge in [-0.1, -0.05) is 152 Å². The van der Waals surface area contributed by atoms with Gasteiger partial charge in [-0.15, -0.1) is 0 Å². The summed E-state index contributed by atoms with van der Waals surface area (Å²) in [5, 5.41) is 10.1. The van der Waals surface area contributed by atoms with Crippen LogP contribution in [-0.2, 0) is 0 Å². The third-order valence-corrected chi connectivity index (χ3v) is 12.1. The maximum Gasteiger partial charge on any atom is 0.235 e. The molecule has 9 aromatic carbocycles. The predicted molar refractivity (Wildman–Crippen MR) is 244 cm³/mol. The number of hydrogen-bond donors (Lipinski definition) is 0. The van der Waals surface area contributed by atoms with Crippen LogP contribution < -0.4 is 0 Å². The van der Waals surface area contributed by atoms with E-state index in [0.29, 0.717) is 5.95 Å². The van der Waals surface area contributed by atoms with Crippen molar-refractivity contribution in [1.82, 2.24) is 19.1 Å². The van der Waals surface area contributed by atoms with Crippen LogP contribution in [0.5, 0.6) is 0 Å². The first-order chi connectivity index (χ1) is 29.3. The molecule has 13 rings (SSSR count). The number of benzene rings is 9. The molecule has 13 aromatic rings. The monoisotopic (exact) mass is 752 g/mol. The third-order valence-electron chi connectivity index (χ3n) is 12.1. The van der Waals surface area contributed by atoms with E-state index in [1.807, 2.05) is 6.07 Å². The van der Waals surface area contributed by atoms with Crippen LogP contribution in [0, 0.1) is 0 Å². The molecule has 0 amide bonds. The molecule has 0 aliphatic rings. The lowest BCUT2D eigenvalue weighted by Crippen LogP contribution is -2.03. The van der Waals surface area contributed by atoms with Gasteiger partial charge in [0.25, 0.3) is 0 Å². The molecule has 5 nitrogen and oxygen atoms in total. The Labute approximate surface area is 337 Å². The second-order valence-electron chi connectivity index (χ2n) is 15.3. The van der Waals surface area contributed by atoms with Crippen molar-refractivity contribution in [3.8, 4) is 34.0 Å². The van der Waals surface area contributed by atoms with Gasteiger partial charge in [-0.2, -0.15) is 0 Å². The van der Waals surface area contributed by atoms with E-state index in [0.717, 1.165) is 88.2 Å². The number of fused-ring (bicyclic) bond motifs is 13. The molecule has 59 heavy (non-hydrogen) atoms. The first-order valence-electron chi connectivity index (χ1n) is 20.0. The Morgan fingerprint density at radius 2 is 1.02 bits per heavy atom. The van der Waals surface area contributed by atoms with Crippen molar-refractivity contribution in [3.63, 3.8) is 0 Å². The Hall–Kier alpha value is -8.02. The van der Waals surface area contributed by atoms with E-state index in [1.165, 1.54) is 27.1 Å². The molecule has 5 heteroatoms. The molecular weight excluding hydrogens is 721 g/mol. The highest BCUT2D eigenvalue weighted by molar-refractivity contribution is 6.32. The molecule has 0 aliphatic carbocycles. The van der Waals surface area contributed by atoms with Gasteiger partial charge < -0.3 is 8.98 Å². The first kappa shape index (κ1) is 32.1. The summed E-state index contributed by atoms with van der Waals surface area (Å²) >= 11 is 0. The quantitative estimate of drug-likeness (QED) is 0.180. The second kappa shape index (κ2) is 12.2. The van der Waals surface area contributed by atoms with Crippen LogP contribution in [0.1, 0.15) is 0 Å². The molecule has 0 saturated carbocycles. The van der Waals surface area contributed by atoms with E-state index >= 15 is 0 Å². The lowest BCUT2D eigenvalue weighted by molar-refractivity contribution is 0.673. The van der Waals surface area contributed by atoms with Gasteiger partial charge in [0.1, 0.15) is 11.2 Å². The number of furan rings is 1. The molecular formula is C54H32N4O. The fourth-order valence-electron chi connectivity index (χ4n) is 9.52. The van der Waals surface area contributed by atoms with Crippen LogP contribution in [0.2, 0.25) is 0 Å². The number of hydrogen-bond acceptors (Lipinski definition) is 3. The van der Waals surface area contributed by atoms with Gasteiger partial charge in [-0.25, -0.2) is 9.97 Å². The predicted octanol–water partition coefficient (Wildman–Crippen LogP) is 14.2. The summed E-state index contributed by atoms with van der Waals surface area (Å²) in [6, 6.07) is 68.8. The summed E-state index contributed by atoms with van der Waals surface area (Å²) in [4.78, 5) is 10.8. The van der Waals surface area contributed by atoms with E-state index in [9.17, 15) is 0 Å². The fourth-order valence-corrected chi connectivity index (χ4v) is 9.52. The molecule has 0 radical (unpaired) electrons. The summed E-state index contributed by atoms with van der Waals surface area (Å²) in [6.45, 7) is 0. The van der Waals surface area contributed by atoms with Gasteiger partial charge in [-0.3, -0.25) is 4.57 Å². The van der Waals surface area contributed by atoms with Crippen LogP contribution in [0.4, 0.5) is 0 Å². The van der Waals surface area contributed by atoms with Crippen LogP contribution in [0.25, 0.3) is 121 Å². The summed E-state index contributed by atoms with van der Waals surface area (Å²) in [5.74, 6) is 0.605. The topological polar surface area (TPSA) is 48.8 Å². The summed E-state index contributed by atoms with van der Waals surface area (Å²) < 4.78 is 11.6. The zero-order valence-electron chi connectivity index (χ0n) is 31.7. The van der Waals surface area contributed by atoms with Crippen LogP contribution in [0.15, 0.2) is 199 Å².